The van der Waals surface area contributed by atoms with Crippen molar-refractivity contribution in [2.45, 2.75) is 23.9 Å². The number of hydrogen-bond acceptors (Lipinski definition) is 4. The summed E-state index contributed by atoms with van der Waals surface area (Å²) in [6, 6.07) is 23.9. The van der Waals surface area contributed by atoms with E-state index in [2.05, 4.69) is 33.9 Å². The second-order valence-electron chi connectivity index (χ2n) is 8.50. The van der Waals surface area contributed by atoms with Crippen LogP contribution in [0.15, 0.2) is 83.8 Å². The molecule has 1 fully saturated rings. The van der Waals surface area contributed by atoms with Gasteiger partial charge >= 0.3 is 0 Å². The van der Waals surface area contributed by atoms with Crippen molar-refractivity contribution in [3.05, 3.63) is 100 Å². The topological polar surface area (TPSA) is 69.7 Å². The molecule has 1 atom stereocenters. The minimum absolute atomic E-state index is 0.0445. The summed E-state index contributed by atoms with van der Waals surface area (Å²) in [6.07, 6.45) is 0. The van der Waals surface area contributed by atoms with Crippen molar-refractivity contribution in [1.29, 1.82) is 0 Å². The number of halogens is 2. The average molecular weight is 532 g/mol. The first-order valence-corrected chi connectivity index (χ1v) is 13.6. The number of piperazine rings is 1. The van der Waals surface area contributed by atoms with Crippen molar-refractivity contribution < 1.29 is 13.2 Å². The number of amides is 1. The summed E-state index contributed by atoms with van der Waals surface area (Å²) in [5, 5.41) is 0.291. The molecule has 3 aromatic carbocycles. The highest BCUT2D eigenvalue weighted by molar-refractivity contribution is 7.89. The fourth-order valence-electron chi connectivity index (χ4n) is 4.39. The molecule has 0 saturated carbocycles. The number of carbonyl (C=O) groups is 1. The van der Waals surface area contributed by atoms with Gasteiger partial charge in [-0.25, -0.2) is 8.42 Å². The molecule has 0 bridgehead atoms. The third-order valence-electron chi connectivity index (χ3n) is 6.11. The summed E-state index contributed by atoms with van der Waals surface area (Å²) < 4.78 is 28.1. The van der Waals surface area contributed by atoms with E-state index < -0.39 is 16.1 Å². The Labute approximate surface area is 216 Å². The third kappa shape index (κ3) is 6.05. The Kier molecular flexibility index (Phi) is 8.14. The zero-order chi connectivity index (χ0) is 25.0. The largest absolute Gasteiger partial charge is 0.339 e. The molecule has 9 heteroatoms. The van der Waals surface area contributed by atoms with Gasteiger partial charge in [-0.1, -0.05) is 83.9 Å². The summed E-state index contributed by atoms with van der Waals surface area (Å²) in [5.41, 5.74) is 2.39. The molecule has 184 valence electrons. The predicted octanol–water partition coefficient (Wildman–Crippen LogP) is 4.59. The lowest BCUT2D eigenvalue weighted by Gasteiger charge is -2.40. The Hall–Kier alpha value is -2.42. The van der Waals surface area contributed by atoms with E-state index >= 15 is 0 Å². The lowest BCUT2D eigenvalue weighted by Crippen LogP contribution is -2.54. The van der Waals surface area contributed by atoms with E-state index in [0.717, 1.165) is 0 Å². The highest BCUT2D eigenvalue weighted by Crippen LogP contribution is 2.30. The van der Waals surface area contributed by atoms with Crippen molar-refractivity contribution in [2.24, 2.45) is 0 Å². The van der Waals surface area contributed by atoms with Gasteiger partial charge in [-0.15, -0.1) is 0 Å². The highest BCUT2D eigenvalue weighted by atomic mass is 35.5. The van der Waals surface area contributed by atoms with Crippen molar-refractivity contribution in [1.82, 2.24) is 14.5 Å². The molecule has 1 amide bonds. The van der Waals surface area contributed by atoms with E-state index in [4.69, 9.17) is 23.2 Å². The zero-order valence-corrected chi connectivity index (χ0v) is 21.6. The second-order valence-corrected chi connectivity index (χ2v) is 11.0. The molecule has 3 aromatic rings. The molecule has 6 nitrogen and oxygen atoms in total. The Morgan fingerprint density at radius 3 is 1.94 bits per heavy atom. The van der Waals surface area contributed by atoms with Gasteiger partial charge in [0, 0.05) is 31.2 Å². The minimum atomic E-state index is -4.02. The molecule has 0 spiro atoms. The first-order valence-electron chi connectivity index (χ1n) is 11.4. The van der Waals surface area contributed by atoms with E-state index in [-0.39, 0.29) is 26.9 Å². The lowest BCUT2D eigenvalue weighted by atomic mass is 9.96. The smallest absolute Gasteiger partial charge is 0.242 e. The molecule has 1 N–H and O–H groups in total. The van der Waals surface area contributed by atoms with Crippen LogP contribution in [0, 0.1) is 0 Å². The van der Waals surface area contributed by atoms with E-state index in [1.165, 1.54) is 29.3 Å². The molecule has 0 aliphatic carbocycles. The SMILES string of the molecule is C[C@@H](NS(=O)(=O)c1cc(Cl)ccc1Cl)C(=O)N1CCN(C(c2ccccc2)c2ccccc2)CC1. The molecule has 1 aliphatic heterocycles. The van der Waals surface area contributed by atoms with Crippen LogP contribution in [0.2, 0.25) is 10.0 Å². The summed E-state index contributed by atoms with van der Waals surface area (Å²) in [7, 11) is -4.02. The average Bonchev–Trinajstić information content (AvgIpc) is 2.86. The summed E-state index contributed by atoms with van der Waals surface area (Å²) in [4.78, 5) is 17.0. The molecule has 1 aliphatic rings. The molecular weight excluding hydrogens is 505 g/mol. The van der Waals surface area contributed by atoms with Gasteiger partial charge in [-0.2, -0.15) is 4.72 Å². The van der Waals surface area contributed by atoms with E-state index in [9.17, 15) is 13.2 Å². The van der Waals surface area contributed by atoms with Gasteiger partial charge < -0.3 is 4.90 Å². The number of rotatable bonds is 7. The maximum atomic E-state index is 13.1. The van der Waals surface area contributed by atoms with Crippen LogP contribution in [-0.2, 0) is 14.8 Å². The monoisotopic (exact) mass is 531 g/mol. The van der Waals surface area contributed by atoms with E-state index in [0.29, 0.717) is 26.2 Å². The van der Waals surface area contributed by atoms with E-state index in [1.54, 1.807) is 11.8 Å². The van der Waals surface area contributed by atoms with Crippen LogP contribution in [-0.4, -0.2) is 56.3 Å². The van der Waals surface area contributed by atoms with Crippen molar-refractivity contribution >= 4 is 39.1 Å². The van der Waals surface area contributed by atoms with Gasteiger partial charge in [-0.05, 0) is 36.2 Å². The van der Waals surface area contributed by atoms with Gasteiger partial charge in [0.1, 0.15) is 4.90 Å². The fourth-order valence-corrected chi connectivity index (χ4v) is 6.35. The van der Waals surface area contributed by atoms with Crippen LogP contribution >= 0.6 is 23.2 Å². The third-order valence-corrected chi connectivity index (χ3v) is 8.36. The number of nitrogens with one attached hydrogen (secondary N) is 1. The minimum Gasteiger partial charge on any atom is -0.339 e. The number of benzene rings is 3. The molecular formula is C26H27Cl2N3O3S. The predicted molar refractivity (Wildman–Crippen MR) is 139 cm³/mol. The van der Waals surface area contributed by atoms with Crippen LogP contribution in [0.3, 0.4) is 0 Å². The Morgan fingerprint density at radius 1 is 0.857 bits per heavy atom. The van der Waals surface area contributed by atoms with Crippen molar-refractivity contribution in [3.8, 4) is 0 Å². The van der Waals surface area contributed by atoms with E-state index in [1.807, 2.05) is 36.4 Å². The molecule has 35 heavy (non-hydrogen) atoms. The molecule has 0 unspecified atom stereocenters. The Bertz CT molecular complexity index is 1230. The first-order chi connectivity index (χ1) is 16.8. The lowest BCUT2D eigenvalue weighted by molar-refractivity contribution is -0.134. The van der Waals surface area contributed by atoms with Gasteiger partial charge in [0.05, 0.1) is 17.1 Å². The fraction of sp³-hybridized carbons (Fsp3) is 0.269. The van der Waals surface area contributed by atoms with Gasteiger partial charge in [-0.3, -0.25) is 9.69 Å². The van der Waals surface area contributed by atoms with Crippen molar-refractivity contribution in [2.75, 3.05) is 26.2 Å². The standard InChI is InChI=1S/C26H27Cl2N3O3S/c1-19(29-35(33,34)24-18-22(27)12-13-23(24)28)26(32)31-16-14-30(15-17-31)25(20-8-4-2-5-9-20)21-10-6-3-7-11-21/h2-13,18-19,25,29H,14-17H2,1H3/t19-/m1/s1. The molecule has 1 heterocycles. The molecule has 0 aromatic heterocycles. The number of sulfonamides is 1. The number of carbonyl (C=O) groups excluding carboxylic acids is 1. The van der Waals surface area contributed by atoms with Crippen LogP contribution < -0.4 is 4.72 Å². The summed E-state index contributed by atoms with van der Waals surface area (Å²) in [5.74, 6) is -0.276. The van der Waals surface area contributed by atoms with Crippen molar-refractivity contribution in [3.63, 3.8) is 0 Å². The normalized spacial score (nSPS) is 15.8. The summed E-state index contributed by atoms with van der Waals surface area (Å²) in [6.45, 7) is 3.87. The second kappa shape index (κ2) is 11.1. The molecule has 4 rings (SSSR count). The Morgan fingerprint density at radius 2 is 1.40 bits per heavy atom. The highest BCUT2D eigenvalue weighted by Gasteiger charge is 2.32. The quantitative estimate of drug-likeness (QED) is 0.483. The maximum Gasteiger partial charge on any atom is 0.242 e. The number of hydrogen-bond donors (Lipinski definition) is 1. The molecule has 0 radical (unpaired) electrons. The van der Waals surface area contributed by atoms with Crippen LogP contribution in [0.1, 0.15) is 24.1 Å². The van der Waals surface area contributed by atoms with Gasteiger partial charge in [0.2, 0.25) is 15.9 Å². The summed E-state index contributed by atoms with van der Waals surface area (Å²) >= 11 is 12.0. The maximum absolute atomic E-state index is 13.1. The first kappa shape index (κ1) is 25.7. The number of nitrogens with zero attached hydrogens (tertiary/aromatic N) is 2. The molecule has 1 saturated heterocycles. The van der Waals surface area contributed by atoms with Gasteiger partial charge in [0.25, 0.3) is 0 Å². The van der Waals surface area contributed by atoms with Crippen LogP contribution in [0.4, 0.5) is 0 Å². The van der Waals surface area contributed by atoms with Crippen LogP contribution in [0.5, 0.6) is 0 Å². The zero-order valence-electron chi connectivity index (χ0n) is 19.3. The van der Waals surface area contributed by atoms with Gasteiger partial charge in [0.15, 0.2) is 0 Å². The Balaban J connectivity index is 1.44. The van der Waals surface area contributed by atoms with Crippen LogP contribution in [0.25, 0.3) is 0 Å².